The van der Waals surface area contributed by atoms with Crippen LogP contribution in [0.3, 0.4) is 0 Å². The molecule has 1 heterocycles. The average molecular weight is 225 g/mol. The number of aldehydes is 1. The summed E-state index contributed by atoms with van der Waals surface area (Å²) in [5.74, 6) is 0. The first-order valence-electron chi connectivity index (χ1n) is 6.33. The van der Waals surface area contributed by atoms with Crippen molar-refractivity contribution >= 4 is 6.29 Å². The van der Waals surface area contributed by atoms with Crippen LogP contribution in [0.1, 0.15) is 46.0 Å². The maximum absolute atomic E-state index is 10.8. The van der Waals surface area contributed by atoms with Crippen LogP contribution in [0.25, 0.3) is 0 Å². The Kier molecular flexibility index (Phi) is 6.34. The molecule has 2 unspecified atom stereocenters. The lowest BCUT2D eigenvalue weighted by Crippen LogP contribution is -2.51. The Morgan fingerprint density at radius 2 is 2.19 bits per heavy atom. The van der Waals surface area contributed by atoms with Gasteiger partial charge in [-0.05, 0) is 19.8 Å². The Balaban J connectivity index is 2.12. The van der Waals surface area contributed by atoms with Crippen molar-refractivity contribution in [2.45, 2.75) is 58.1 Å². The van der Waals surface area contributed by atoms with Crippen LogP contribution in [0.5, 0.6) is 0 Å². The van der Waals surface area contributed by atoms with Crippen LogP contribution in [-0.4, -0.2) is 30.0 Å². The smallest absolute Gasteiger partial charge is 0.143 e. The van der Waals surface area contributed by atoms with E-state index in [2.05, 4.69) is 13.0 Å². The second-order valence-electron chi connectivity index (χ2n) is 4.42. The fourth-order valence-corrected chi connectivity index (χ4v) is 1.80. The van der Waals surface area contributed by atoms with Crippen LogP contribution in [0, 0.1) is 0 Å². The molecule has 0 bridgehead atoms. The van der Waals surface area contributed by atoms with E-state index < -0.39 is 0 Å². The van der Waals surface area contributed by atoms with Crippen molar-refractivity contribution < 1.29 is 9.63 Å². The highest BCUT2D eigenvalue weighted by Crippen LogP contribution is 2.15. The van der Waals surface area contributed by atoms with Crippen molar-refractivity contribution in [3.05, 3.63) is 12.2 Å². The van der Waals surface area contributed by atoms with Gasteiger partial charge in [0.1, 0.15) is 12.3 Å². The highest BCUT2D eigenvalue weighted by atomic mass is 16.7. The predicted molar refractivity (Wildman–Crippen MR) is 65.0 cm³/mol. The highest BCUT2D eigenvalue weighted by molar-refractivity contribution is 5.60. The van der Waals surface area contributed by atoms with Gasteiger partial charge in [0.2, 0.25) is 0 Å². The van der Waals surface area contributed by atoms with Gasteiger partial charge in [-0.2, -0.15) is 5.06 Å². The van der Waals surface area contributed by atoms with E-state index in [1.54, 1.807) is 5.06 Å². The van der Waals surface area contributed by atoms with Gasteiger partial charge in [0.25, 0.3) is 0 Å². The molecule has 0 aromatic rings. The molecule has 0 radical (unpaired) electrons. The Morgan fingerprint density at radius 1 is 1.44 bits per heavy atom. The van der Waals surface area contributed by atoms with Crippen molar-refractivity contribution in [1.82, 2.24) is 5.06 Å². The van der Waals surface area contributed by atoms with E-state index in [1.165, 1.54) is 25.7 Å². The number of hydroxylamine groups is 2. The molecule has 0 N–H and O–H groups in total. The van der Waals surface area contributed by atoms with Gasteiger partial charge in [-0.1, -0.05) is 38.3 Å². The van der Waals surface area contributed by atoms with Crippen molar-refractivity contribution in [3.63, 3.8) is 0 Å². The summed E-state index contributed by atoms with van der Waals surface area (Å²) in [7, 11) is 0. The molecule has 3 nitrogen and oxygen atoms in total. The number of unbranched alkanes of at least 4 members (excludes halogenated alkanes) is 4. The van der Waals surface area contributed by atoms with Gasteiger partial charge in [-0.25, -0.2) is 0 Å². The summed E-state index contributed by atoms with van der Waals surface area (Å²) in [6.45, 7) is 5.07. The molecule has 0 saturated carbocycles. The van der Waals surface area contributed by atoms with Crippen molar-refractivity contribution in [2.75, 3.05) is 6.54 Å². The van der Waals surface area contributed by atoms with Gasteiger partial charge in [-0.15, -0.1) is 0 Å². The normalized spacial score (nSPS) is 23.2. The van der Waals surface area contributed by atoms with Crippen LogP contribution in [0.2, 0.25) is 0 Å². The van der Waals surface area contributed by atoms with Crippen molar-refractivity contribution in [1.29, 1.82) is 0 Å². The second-order valence-corrected chi connectivity index (χ2v) is 4.42. The summed E-state index contributed by atoms with van der Waals surface area (Å²) in [6.07, 6.45) is 11.4. The fraction of sp³-hybridized carbons (Fsp3) is 0.769. The minimum Gasteiger partial charge on any atom is -0.301 e. The first-order chi connectivity index (χ1) is 7.77. The predicted octanol–water partition coefficient (Wildman–Crippen LogP) is 2.72. The third-order valence-corrected chi connectivity index (χ3v) is 2.78. The van der Waals surface area contributed by atoms with E-state index in [0.29, 0.717) is 0 Å². The molecular weight excluding hydrogens is 202 g/mol. The topological polar surface area (TPSA) is 29.5 Å². The molecule has 16 heavy (non-hydrogen) atoms. The zero-order valence-electron chi connectivity index (χ0n) is 10.4. The summed E-state index contributed by atoms with van der Waals surface area (Å²) in [4.78, 5) is 16.2. The van der Waals surface area contributed by atoms with E-state index in [0.717, 1.165) is 19.3 Å². The lowest BCUT2D eigenvalue weighted by Gasteiger charge is -2.38. The highest BCUT2D eigenvalue weighted by Gasteiger charge is 2.29. The maximum Gasteiger partial charge on any atom is 0.143 e. The second kappa shape index (κ2) is 7.58. The van der Waals surface area contributed by atoms with E-state index in [9.17, 15) is 4.79 Å². The van der Waals surface area contributed by atoms with E-state index in [-0.39, 0.29) is 12.1 Å². The molecule has 1 saturated heterocycles. The summed E-state index contributed by atoms with van der Waals surface area (Å²) in [5.41, 5.74) is 0. The zero-order chi connectivity index (χ0) is 11.8. The molecule has 2 atom stereocenters. The summed E-state index contributed by atoms with van der Waals surface area (Å²) in [5, 5.41) is 1.74. The molecule has 3 heteroatoms. The van der Waals surface area contributed by atoms with E-state index in [1.807, 2.05) is 13.0 Å². The molecule has 1 rings (SSSR count). The van der Waals surface area contributed by atoms with Gasteiger partial charge < -0.3 is 4.79 Å². The molecular formula is C13H23NO2. The molecule has 1 aliphatic rings. The lowest BCUT2D eigenvalue weighted by atomic mass is 10.1. The molecule has 1 fully saturated rings. The minimum absolute atomic E-state index is 0.192. The Labute approximate surface area is 98.4 Å². The number of hydrogen-bond acceptors (Lipinski definition) is 3. The average Bonchev–Trinajstić information content (AvgIpc) is 2.25. The zero-order valence-corrected chi connectivity index (χ0v) is 10.4. The van der Waals surface area contributed by atoms with Crippen molar-refractivity contribution in [3.8, 4) is 0 Å². The minimum atomic E-state index is -0.192. The number of allylic oxidation sites excluding steroid dienone is 1. The first-order valence-corrected chi connectivity index (χ1v) is 6.33. The Hall–Kier alpha value is -0.670. The van der Waals surface area contributed by atoms with Crippen LogP contribution in [0.4, 0.5) is 0 Å². The molecule has 0 aliphatic carbocycles. The first kappa shape index (κ1) is 13.4. The number of carbonyl (C=O) groups excluding carboxylic acids is 1. The third-order valence-electron chi connectivity index (χ3n) is 2.78. The van der Waals surface area contributed by atoms with Crippen LogP contribution in [0.15, 0.2) is 12.2 Å². The number of nitrogens with zero attached hydrogens (tertiary/aromatic N) is 1. The molecule has 0 amide bonds. The molecule has 0 spiro atoms. The molecule has 92 valence electrons. The monoisotopic (exact) mass is 225 g/mol. The Bertz CT molecular complexity index is 222. The number of carbonyl (C=O) groups is 1. The van der Waals surface area contributed by atoms with E-state index >= 15 is 0 Å². The summed E-state index contributed by atoms with van der Waals surface area (Å²) in [6, 6.07) is -0.192. The standard InChI is InChI=1S/C13H23NO2/c1-3-4-5-6-7-8-9-13(11-15)14-10-12(2)16-14/h8-9,11-13H,3-7,10H2,1-2H3. The number of rotatable bonds is 8. The third kappa shape index (κ3) is 4.45. The van der Waals surface area contributed by atoms with Gasteiger partial charge in [0.05, 0.1) is 12.6 Å². The molecule has 0 aromatic carbocycles. The van der Waals surface area contributed by atoms with Gasteiger partial charge in [-0.3, -0.25) is 4.84 Å². The van der Waals surface area contributed by atoms with Gasteiger partial charge >= 0.3 is 0 Å². The van der Waals surface area contributed by atoms with Gasteiger partial charge in [0, 0.05) is 0 Å². The van der Waals surface area contributed by atoms with Crippen molar-refractivity contribution in [2.24, 2.45) is 0 Å². The summed E-state index contributed by atoms with van der Waals surface area (Å²) >= 11 is 0. The fourth-order valence-electron chi connectivity index (χ4n) is 1.80. The largest absolute Gasteiger partial charge is 0.301 e. The van der Waals surface area contributed by atoms with Crippen LogP contribution < -0.4 is 0 Å². The van der Waals surface area contributed by atoms with Crippen LogP contribution >= 0.6 is 0 Å². The summed E-state index contributed by atoms with van der Waals surface area (Å²) < 4.78 is 0. The lowest BCUT2D eigenvalue weighted by molar-refractivity contribution is -0.296. The number of hydrogen-bond donors (Lipinski definition) is 0. The van der Waals surface area contributed by atoms with E-state index in [4.69, 9.17) is 4.84 Å². The maximum atomic E-state index is 10.8. The Morgan fingerprint density at radius 3 is 2.75 bits per heavy atom. The van der Waals surface area contributed by atoms with Gasteiger partial charge in [0.15, 0.2) is 0 Å². The quantitative estimate of drug-likeness (QED) is 0.361. The van der Waals surface area contributed by atoms with Crippen LogP contribution in [-0.2, 0) is 9.63 Å². The SMILES string of the molecule is CCCCCCC=CC(C=O)N1CC(C)O1. The molecule has 1 aliphatic heterocycles. The molecule has 0 aromatic heterocycles.